The molecule has 0 aromatic rings. The predicted octanol–water partition coefficient (Wildman–Crippen LogP) is 1.97. The van der Waals surface area contributed by atoms with Gasteiger partial charge in [-0.25, -0.2) is 0 Å². The summed E-state index contributed by atoms with van der Waals surface area (Å²) in [6.45, 7) is 9.79. The SMILES string of the molecule is C=C(C)COCC[C@@H]1CCCNC1. The van der Waals surface area contributed by atoms with Gasteiger partial charge in [0, 0.05) is 6.61 Å². The molecule has 1 rings (SSSR count). The Morgan fingerprint density at radius 3 is 3.08 bits per heavy atom. The summed E-state index contributed by atoms with van der Waals surface area (Å²) in [5.74, 6) is 0.832. The zero-order chi connectivity index (χ0) is 9.52. The van der Waals surface area contributed by atoms with Gasteiger partial charge in [-0.3, -0.25) is 0 Å². The number of rotatable bonds is 5. The quantitative estimate of drug-likeness (QED) is 0.520. The minimum absolute atomic E-state index is 0.722. The predicted molar refractivity (Wildman–Crippen MR) is 55.8 cm³/mol. The lowest BCUT2D eigenvalue weighted by Gasteiger charge is -2.22. The van der Waals surface area contributed by atoms with Gasteiger partial charge in [0.05, 0.1) is 6.61 Å². The molecule has 0 aliphatic carbocycles. The van der Waals surface area contributed by atoms with E-state index in [9.17, 15) is 0 Å². The number of nitrogens with one attached hydrogen (secondary N) is 1. The molecule has 0 amide bonds. The van der Waals surface area contributed by atoms with Crippen LogP contribution in [-0.4, -0.2) is 26.3 Å². The molecule has 13 heavy (non-hydrogen) atoms. The molecule has 0 aromatic carbocycles. The van der Waals surface area contributed by atoms with Gasteiger partial charge in [0.25, 0.3) is 0 Å². The van der Waals surface area contributed by atoms with E-state index in [0.717, 1.165) is 24.7 Å². The van der Waals surface area contributed by atoms with Crippen molar-refractivity contribution in [2.45, 2.75) is 26.2 Å². The van der Waals surface area contributed by atoms with Crippen LogP contribution in [0.4, 0.5) is 0 Å². The summed E-state index contributed by atoms with van der Waals surface area (Å²) in [7, 11) is 0. The zero-order valence-electron chi connectivity index (χ0n) is 8.64. The molecule has 1 saturated heterocycles. The van der Waals surface area contributed by atoms with Gasteiger partial charge in [-0.15, -0.1) is 0 Å². The van der Waals surface area contributed by atoms with Crippen molar-refractivity contribution in [1.82, 2.24) is 5.32 Å². The monoisotopic (exact) mass is 183 g/mol. The van der Waals surface area contributed by atoms with Crippen molar-refractivity contribution in [3.63, 3.8) is 0 Å². The van der Waals surface area contributed by atoms with Gasteiger partial charge < -0.3 is 10.1 Å². The molecule has 0 unspecified atom stereocenters. The molecular weight excluding hydrogens is 162 g/mol. The Hall–Kier alpha value is -0.340. The molecule has 1 N–H and O–H groups in total. The summed E-state index contributed by atoms with van der Waals surface area (Å²) in [5.41, 5.74) is 1.11. The van der Waals surface area contributed by atoms with E-state index in [-0.39, 0.29) is 0 Å². The van der Waals surface area contributed by atoms with E-state index in [1.165, 1.54) is 32.4 Å². The average molecular weight is 183 g/mol. The van der Waals surface area contributed by atoms with Crippen molar-refractivity contribution < 1.29 is 4.74 Å². The van der Waals surface area contributed by atoms with E-state index >= 15 is 0 Å². The van der Waals surface area contributed by atoms with Gasteiger partial charge in [0.1, 0.15) is 0 Å². The van der Waals surface area contributed by atoms with Crippen molar-refractivity contribution in [3.05, 3.63) is 12.2 Å². The summed E-state index contributed by atoms with van der Waals surface area (Å²) >= 11 is 0. The molecule has 0 aromatic heterocycles. The molecule has 2 heteroatoms. The van der Waals surface area contributed by atoms with Crippen molar-refractivity contribution in [3.8, 4) is 0 Å². The van der Waals surface area contributed by atoms with E-state index in [1.54, 1.807) is 0 Å². The van der Waals surface area contributed by atoms with Crippen LogP contribution in [0.3, 0.4) is 0 Å². The first-order valence-electron chi connectivity index (χ1n) is 5.22. The second kappa shape index (κ2) is 6.17. The second-order valence-electron chi connectivity index (χ2n) is 4.01. The van der Waals surface area contributed by atoms with Crippen LogP contribution in [0, 0.1) is 5.92 Å². The maximum Gasteiger partial charge on any atom is 0.0671 e. The summed E-state index contributed by atoms with van der Waals surface area (Å²) in [5, 5.41) is 3.41. The van der Waals surface area contributed by atoms with E-state index < -0.39 is 0 Å². The summed E-state index contributed by atoms with van der Waals surface area (Å²) in [6.07, 6.45) is 3.88. The van der Waals surface area contributed by atoms with Gasteiger partial charge >= 0.3 is 0 Å². The molecule has 0 spiro atoms. The first-order chi connectivity index (χ1) is 6.29. The molecule has 1 atom stereocenters. The third-order valence-corrected chi connectivity index (χ3v) is 2.42. The number of ether oxygens (including phenoxy) is 1. The highest BCUT2D eigenvalue weighted by Crippen LogP contribution is 2.13. The lowest BCUT2D eigenvalue weighted by molar-refractivity contribution is 0.134. The largest absolute Gasteiger partial charge is 0.377 e. The normalized spacial score (nSPS) is 23.0. The minimum Gasteiger partial charge on any atom is -0.377 e. The maximum atomic E-state index is 5.47. The summed E-state index contributed by atoms with van der Waals surface area (Å²) in [6, 6.07) is 0. The van der Waals surface area contributed by atoms with Crippen molar-refractivity contribution >= 4 is 0 Å². The van der Waals surface area contributed by atoms with Gasteiger partial charge in [-0.05, 0) is 45.2 Å². The van der Waals surface area contributed by atoms with Crippen LogP contribution < -0.4 is 5.32 Å². The molecule has 1 heterocycles. The Bertz CT molecular complexity index is 150. The Morgan fingerprint density at radius 1 is 1.62 bits per heavy atom. The van der Waals surface area contributed by atoms with Crippen LogP contribution in [0.1, 0.15) is 26.2 Å². The second-order valence-corrected chi connectivity index (χ2v) is 4.01. The zero-order valence-corrected chi connectivity index (χ0v) is 8.64. The van der Waals surface area contributed by atoms with Gasteiger partial charge in [-0.2, -0.15) is 0 Å². The molecule has 76 valence electrons. The average Bonchev–Trinajstić information content (AvgIpc) is 2.14. The van der Waals surface area contributed by atoms with Crippen LogP contribution >= 0.6 is 0 Å². The smallest absolute Gasteiger partial charge is 0.0671 e. The lowest BCUT2D eigenvalue weighted by Crippen LogP contribution is -2.30. The van der Waals surface area contributed by atoms with E-state index in [1.807, 2.05) is 6.92 Å². The van der Waals surface area contributed by atoms with Crippen molar-refractivity contribution in [2.24, 2.45) is 5.92 Å². The van der Waals surface area contributed by atoms with Gasteiger partial charge in [0.15, 0.2) is 0 Å². The van der Waals surface area contributed by atoms with Crippen molar-refractivity contribution in [1.29, 1.82) is 0 Å². The lowest BCUT2D eigenvalue weighted by atomic mass is 9.97. The maximum absolute atomic E-state index is 5.47. The van der Waals surface area contributed by atoms with Gasteiger partial charge in [-0.1, -0.05) is 12.2 Å². The highest BCUT2D eigenvalue weighted by atomic mass is 16.5. The molecule has 1 fully saturated rings. The molecule has 0 bridgehead atoms. The topological polar surface area (TPSA) is 21.3 Å². The number of hydrogen-bond acceptors (Lipinski definition) is 2. The standard InChI is InChI=1S/C11H21NO/c1-10(2)9-13-7-5-11-4-3-6-12-8-11/h11-12H,1,3-9H2,2H3/t11-/m0/s1. The molecule has 0 radical (unpaired) electrons. The summed E-state index contributed by atoms with van der Waals surface area (Å²) < 4.78 is 5.47. The third-order valence-electron chi connectivity index (χ3n) is 2.42. The number of hydrogen-bond donors (Lipinski definition) is 1. The minimum atomic E-state index is 0.722. The fraction of sp³-hybridized carbons (Fsp3) is 0.818. The first kappa shape index (κ1) is 10.7. The third kappa shape index (κ3) is 5.06. The van der Waals surface area contributed by atoms with E-state index in [2.05, 4.69) is 11.9 Å². The highest BCUT2D eigenvalue weighted by molar-refractivity contribution is 4.87. The molecule has 1 aliphatic rings. The fourth-order valence-corrected chi connectivity index (χ4v) is 1.67. The van der Waals surface area contributed by atoms with Crippen LogP contribution in [-0.2, 0) is 4.74 Å². The van der Waals surface area contributed by atoms with Crippen molar-refractivity contribution in [2.75, 3.05) is 26.3 Å². The number of piperidine rings is 1. The molecule has 2 nitrogen and oxygen atoms in total. The summed E-state index contributed by atoms with van der Waals surface area (Å²) in [4.78, 5) is 0. The Labute approximate surface area is 81.4 Å². The first-order valence-corrected chi connectivity index (χ1v) is 5.22. The Kier molecular flexibility index (Phi) is 5.09. The van der Waals surface area contributed by atoms with Gasteiger partial charge in [0.2, 0.25) is 0 Å². The molecular formula is C11H21NO. The van der Waals surface area contributed by atoms with E-state index in [4.69, 9.17) is 4.74 Å². The van der Waals surface area contributed by atoms with E-state index in [0.29, 0.717) is 0 Å². The molecule has 1 aliphatic heterocycles. The molecule has 0 saturated carbocycles. The van der Waals surface area contributed by atoms with Crippen LogP contribution in [0.5, 0.6) is 0 Å². The van der Waals surface area contributed by atoms with Crippen LogP contribution in [0.2, 0.25) is 0 Å². The Morgan fingerprint density at radius 2 is 2.46 bits per heavy atom. The fourth-order valence-electron chi connectivity index (χ4n) is 1.67. The highest BCUT2D eigenvalue weighted by Gasteiger charge is 2.11. The Balaban J connectivity index is 1.95. The van der Waals surface area contributed by atoms with Crippen LogP contribution in [0.25, 0.3) is 0 Å². The van der Waals surface area contributed by atoms with Crippen LogP contribution in [0.15, 0.2) is 12.2 Å².